The van der Waals surface area contributed by atoms with Crippen LogP contribution in [0.3, 0.4) is 0 Å². The van der Waals surface area contributed by atoms with Crippen molar-refractivity contribution in [1.29, 1.82) is 0 Å². The van der Waals surface area contributed by atoms with Crippen LogP contribution in [0.25, 0.3) is 10.9 Å². The van der Waals surface area contributed by atoms with E-state index in [-0.39, 0.29) is 80.7 Å². The first-order chi connectivity index (χ1) is 35.6. The third kappa shape index (κ3) is 15.4. The standard InChI is InChI=1S/C54H84N8O13/c1-12-34(6)49(59(9)54(71)47(32(2)3)57-52(69)48(33(4)5)58(8)25-17-13-14-22-46(67)75-62-43(64)23-24-44(62)65)42(72-10)28-45(66)60-26-18-21-41(60)50(73-11)35(7)51(68)56-40(53(70)61-30-37(63)31-74-61)27-36-29-55-39-20-16-15-19-38(36)39/h15-16,19-20,29,32-35,37,40-42,47-50,55,63H,12-14,17-18,21-28,30-31H2,1-11H3,(H,56,68)(H,57,69)/t34-,35+,37?,40-,41-,42+,47-,48-,49-,50+/m0/s1. The van der Waals surface area contributed by atoms with Crippen LogP contribution >= 0.6 is 0 Å². The molecule has 0 aliphatic carbocycles. The zero-order valence-corrected chi connectivity index (χ0v) is 46.0. The lowest BCUT2D eigenvalue weighted by atomic mass is 9.89. The number of aliphatic hydroxyl groups excluding tert-OH is 1. The van der Waals surface area contributed by atoms with E-state index < -0.39 is 84.0 Å². The van der Waals surface area contributed by atoms with Gasteiger partial charge in [-0.1, -0.05) is 79.5 Å². The summed E-state index contributed by atoms with van der Waals surface area (Å²) in [5.41, 5.74) is 1.70. The van der Waals surface area contributed by atoms with Gasteiger partial charge in [-0.05, 0) is 68.7 Å². The fraction of sp³-hybridized carbons (Fsp3) is 0.704. The van der Waals surface area contributed by atoms with Gasteiger partial charge in [0.05, 0.1) is 49.2 Å². The smallest absolute Gasteiger partial charge is 0.333 e. The van der Waals surface area contributed by atoms with Crippen LogP contribution in [0, 0.1) is 23.7 Å². The first-order valence-electron chi connectivity index (χ1n) is 26.8. The van der Waals surface area contributed by atoms with E-state index in [1.165, 1.54) is 14.2 Å². The largest absolute Gasteiger partial charge is 0.389 e. The Morgan fingerprint density at radius 1 is 0.907 bits per heavy atom. The van der Waals surface area contributed by atoms with Crippen LogP contribution in [0.2, 0.25) is 0 Å². The van der Waals surface area contributed by atoms with Gasteiger partial charge < -0.3 is 44.8 Å². The molecule has 418 valence electrons. The molecule has 3 saturated heterocycles. The summed E-state index contributed by atoms with van der Waals surface area (Å²) in [6, 6.07) is 4.09. The first-order valence-corrected chi connectivity index (χ1v) is 26.8. The van der Waals surface area contributed by atoms with Gasteiger partial charge in [-0.25, -0.2) is 9.86 Å². The fourth-order valence-electron chi connectivity index (χ4n) is 10.9. The number of unbranched alkanes of at least 4 members (excludes halogenated alkanes) is 2. The van der Waals surface area contributed by atoms with Crippen molar-refractivity contribution in [3.8, 4) is 0 Å². The van der Waals surface area contributed by atoms with Crippen LogP contribution in [0.1, 0.15) is 118 Å². The zero-order chi connectivity index (χ0) is 55.3. The number of aromatic amines is 1. The summed E-state index contributed by atoms with van der Waals surface area (Å²) in [4.78, 5) is 126. The molecule has 4 heterocycles. The maximum atomic E-state index is 14.7. The molecular weight excluding hydrogens is 969 g/mol. The predicted octanol–water partition coefficient (Wildman–Crippen LogP) is 3.52. The van der Waals surface area contributed by atoms with Crippen molar-refractivity contribution in [2.45, 2.75) is 168 Å². The van der Waals surface area contributed by atoms with Gasteiger partial charge in [0, 0.05) is 70.6 Å². The average Bonchev–Trinajstić information content (AvgIpc) is 4.20. The number of rotatable bonds is 28. The maximum Gasteiger partial charge on any atom is 0.333 e. The number of fused-ring (bicyclic) bond motifs is 1. The number of aromatic nitrogens is 1. The van der Waals surface area contributed by atoms with Gasteiger partial charge in [-0.3, -0.25) is 43.3 Å². The summed E-state index contributed by atoms with van der Waals surface area (Å²) < 4.78 is 12.1. The number of para-hydroxylation sites is 1. The van der Waals surface area contributed by atoms with E-state index in [0.29, 0.717) is 56.7 Å². The van der Waals surface area contributed by atoms with Crippen molar-refractivity contribution >= 4 is 58.2 Å². The predicted molar refractivity (Wildman–Crippen MR) is 277 cm³/mol. The number of hydroxylamine groups is 4. The molecule has 1 unspecified atom stereocenters. The third-order valence-electron chi connectivity index (χ3n) is 15.2. The van der Waals surface area contributed by atoms with E-state index in [0.717, 1.165) is 21.5 Å². The number of aliphatic hydroxyl groups is 1. The Labute approximate surface area is 441 Å². The van der Waals surface area contributed by atoms with Gasteiger partial charge >= 0.3 is 5.97 Å². The Morgan fingerprint density at radius 3 is 2.21 bits per heavy atom. The molecule has 3 aliphatic heterocycles. The number of β-amino-alcohol motifs (C(OH)–C–C–N with tert-alkyl or cyclic N) is 1. The van der Waals surface area contributed by atoms with Crippen molar-refractivity contribution in [2.24, 2.45) is 23.7 Å². The van der Waals surface area contributed by atoms with Crippen LogP contribution in [-0.4, -0.2) is 185 Å². The molecule has 7 amide bonds. The molecule has 1 aromatic carbocycles. The molecule has 0 spiro atoms. The Kier molecular flexibility index (Phi) is 22.6. The summed E-state index contributed by atoms with van der Waals surface area (Å²) in [6.07, 6.45) is 3.28. The SMILES string of the molecule is CC[C@H](C)[C@@H]([C@@H](CC(=O)N1CCC[C@H]1[C@H](OC)[C@@H](C)C(=O)N[C@@H](Cc1c[nH]c2ccccc12)C(=O)N1CC(O)CO1)OC)N(C)C(=O)[C@@H](NC(=O)[C@H](C(C)C)N(C)CCCCCC(=O)ON1C(=O)CCC1=O)C(C)C. The molecule has 0 radical (unpaired) electrons. The van der Waals surface area contributed by atoms with Crippen molar-refractivity contribution in [1.82, 2.24) is 40.4 Å². The number of amides is 7. The van der Waals surface area contributed by atoms with Gasteiger partial charge in [-0.15, -0.1) is 5.06 Å². The van der Waals surface area contributed by atoms with Crippen molar-refractivity contribution in [3.05, 3.63) is 36.0 Å². The van der Waals surface area contributed by atoms with Gasteiger partial charge in [0.25, 0.3) is 17.7 Å². The maximum absolute atomic E-state index is 14.7. The lowest BCUT2D eigenvalue weighted by Gasteiger charge is -2.41. The lowest BCUT2D eigenvalue weighted by molar-refractivity contribution is -0.197. The molecule has 2 aromatic rings. The van der Waals surface area contributed by atoms with E-state index >= 15 is 0 Å². The Bertz CT molecular complexity index is 2270. The molecule has 4 N–H and O–H groups in total. The highest BCUT2D eigenvalue weighted by Gasteiger charge is 2.44. The number of carbonyl (C=O) groups is 8. The van der Waals surface area contributed by atoms with E-state index in [2.05, 4.69) is 15.6 Å². The second-order valence-corrected chi connectivity index (χ2v) is 21.3. The minimum absolute atomic E-state index is 0.0258. The molecule has 0 bridgehead atoms. The van der Waals surface area contributed by atoms with Gasteiger partial charge in [0.1, 0.15) is 24.8 Å². The molecule has 3 aliphatic rings. The molecular formula is C54H84N8O13. The fourth-order valence-corrected chi connectivity index (χ4v) is 10.9. The molecule has 3 fully saturated rings. The van der Waals surface area contributed by atoms with E-state index in [1.807, 2.05) is 84.0 Å². The Hall–Kier alpha value is -5.48. The molecule has 0 saturated carbocycles. The highest BCUT2D eigenvalue weighted by molar-refractivity contribution is 6.01. The summed E-state index contributed by atoms with van der Waals surface area (Å²) in [5, 5.41) is 18.7. The molecule has 21 heteroatoms. The van der Waals surface area contributed by atoms with Crippen LogP contribution in [0.5, 0.6) is 0 Å². The van der Waals surface area contributed by atoms with Crippen LogP contribution in [0.15, 0.2) is 30.5 Å². The van der Waals surface area contributed by atoms with Crippen LogP contribution in [0.4, 0.5) is 0 Å². The quantitative estimate of drug-likeness (QED) is 0.0704. The first kappa shape index (κ1) is 60.4. The Morgan fingerprint density at radius 2 is 1.60 bits per heavy atom. The van der Waals surface area contributed by atoms with Gasteiger partial charge in [0.15, 0.2) is 0 Å². The number of methoxy groups -OCH3 is 2. The minimum Gasteiger partial charge on any atom is -0.389 e. The number of imide groups is 1. The monoisotopic (exact) mass is 1050 g/mol. The summed E-state index contributed by atoms with van der Waals surface area (Å²) in [5.74, 6) is -4.85. The van der Waals surface area contributed by atoms with Crippen molar-refractivity contribution in [3.63, 3.8) is 0 Å². The number of likely N-dealkylation sites (N-methyl/N-ethyl adjacent to an activating group) is 2. The average molecular weight is 1050 g/mol. The highest BCUT2D eigenvalue weighted by atomic mass is 16.7. The number of benzene rings is 1. The molecule has 5 rings (SSSR count). The van der Waals surface area contributed by atoms with Crippen molar-refractivity contribution < 1.29 is 62.6 Å². The van der Waals surface area contributed by atoms with Crippen LogP contribution in [-0.2, 0) is 63.9 Å². The zero-order valence-electron chi connectivity index (χ0n) is 46.0. The summed E-state index contributed by atoms with van der Waals surface area (Å²) >= 11 is 0. The molecule has 75 heavy (non-hydrogen) atoms. The lowest BCUT2D eigenvalue weighted by Crippen LogP contribution is -2.60. The van der Waals surface area contributed by atoms with Crippen LogP contribution < -0.4 is 10.6 Å². The number of ether oxygens (including phenoxy) is 2. The normalized spacial score (nSPS) is 20.3. The minimum atomic E-state index is -1.04. The summed E-state index contributed by atoms with van der Waals surface area (Å²) in [6.45, 7) is 14.2. The van der Waals surface area contributed by atoms with E-state index in [9.17, 15) is 43.5 Å². The Balaban J connectivity index is 1.22. The van der Waals surface area contributed by atoms with E-state index in [1.54, 1.807) is 23.8 Å². The van der Waals surface area contributed by atoms with Gasteiger partial charge in [-0.2, -0.15) is 0 Å². The number of hydrogen-bond acceptors (Lipinski definition) is 14. The van der Waals surface area contributed by atoms with Crippen molar-refractivity contribution in [2.75, 3.05) is 54.6 Å². The molecule has 1 aromatic heterocycles. The number of carbonyl (C=O) groups excluding carboxylic acids is 8. The number of hydrogen-bond donors (Lipinski definition) is 4. The number of nitrogens with one attached hydrogen (secondary N) is 3. The van der Waals surface area contributed by atoms with Gasteiger partial charge in [0.2, 0.25) is 23.6 Å². The second-order valence-electron chi connectivity index (χ2n) is 21.3. The highest BCUT2D eigenvalue weighted by Crippen LogP contribution is 2.31. The number of H-pyrrole nitrogens is 1. The second kappa shape index (κ2) is 28.1. The number of nitrogens with zero attached hydrogens (tertiary/aromatic N) is 5. The topological polar surface area (TPSA) is 250 Å². The number of likely N-dealkylation sites (tertiary alicyclic amines) is 1. The third-order valence-corrected chi connectivity index (χ3v) is 15.2. The van der Waals surface area contributed by atoms with E-state index in [4.69, 9.17) is 19.1 Å². The molecule has 21 nitrogen and oxygen atoms in total. The summed E-state index contributed by atoms with van der Waals surface area (Å²) in [7, 11) is 6.56. The molecule has 10 atom stereocenters.